The fourth-order valence-corrected chi connectivity index (χ4v) is 2.36. The summed E-state index contributed by atoms with van der Waals surface area (Å²) >= 11 is 0.359. The molecular formula is C10H12OSe. The van der Waals surface area contributed by atoms with Gasteiger partial charge in [0.25, 0.3) is 0 Å². The van der Waals surface area contributed by atoms with E-state index in [1.165, 1.54) is 4.46 Å². The van der Waals surface area contributed by atoms with Crippen LogP contribution in [0.5, 0.6) is 0 Å². The first-order valence-corrected chi connectivity index (χ1v) is 5.70. The van der Waals surface area contributed by atoms with E-state index in [-0.39, 0.29) is 6.10 Å². The standard InChI is InChI=1S/C10H12OSe/c1-9(11)7-8-12-10-5-3-2-4-6-10/h2-9,11H,1H3/b8-7-. The van der Waals surface area contributed by atoms with Gasteiger partial charge in [-0.2, -0.15) is 0 Å². The van der Waals surface area contributed by atoms with E-state index in [1.54, 1.807) is 6.92 Å². The summed E-state index contributed by atoms with van der Waals surface area (Å²) in [5, 5.41) is 8.95. The molecule has 0 bridgehead atoms. The van der Waals surface area contributed by atoms with Crippen molar-refractivity contribution in [2.24, 2.45) is 0 Å². The topological polar surface area (TPSA) is 20.2 Å². The van der Waals surface area contributed by atoms with Crippen LogP contribution in [0.15, 0.2) is 41.4 Å². The molecule has 1 unspecified atom stereocenters. The van der Waals surface area contributed by atoms with E-state index in [1.807, 2.05) is 29.2 Å². The third kappa shape index (κ3) is 3.72. The van der Waals surface area contributed by atoms with Crippen molar-refractivity contribution in [3.63, 3.8) is 0 Å². The Morgan fingerprint density at radius 3 is 2.58 bits per heavy atom. The Hall–Kier alpha value is -0.561. The van der Waals surface area contributed by atoms with Crippen molar-refractivity contribution >= 4 is 19.4 Å². The zero-order chi connectivity index (χ0) is 8.81. The monoisotopic (exact) mass is 228 g/mol. The Morgan fingerprint density at radius 2 is 2.00 bits per heavy atom. The van der Waals surface area contributed by atoms with Gasteiger partial charge in [0, 0.05) is 0 Å². The van der Waals surface area contributed by atoms with Crippen LogP contribution in [-0.2, 0) is 0 Å². The summed E-state index contributed by atoms with van der Waals surface area (Å²) in [5.41, 5.74) is 0. The molecule has 1 N–H and O–H groups in total. The molecule has 1 nitrogen and oxygen atoms in total. The summed E-state index contributed by atoms with van der Waals surface area (Å²) in [6.07, 6.45) is 1.50. The Labute approximate surface area is 79.3 Å². The molecule has 0 aliphatic carbocycles. The minimum absolute atomic E-state index is 0.324. The van der Waals surface area contributed by atoms with Crippen molar-refractivity contribution in [1.82, 2.24) is 0 Å². The summed E-state index contributed by atoms with van der Waals surface area (Å²) in [7, 11) is 0. The van der Waals surface area contributed by atoms with Crippen LogP contribution in [0.3, 0.4) is 0 Å². The number of aliphatic hydroxyl groups is 1. The van der Waals surface area contributed by atoms with Crippen LogP contribution in [0.4, 0.5) is 0 Å². The first kappa shape index (κ1) is 9.53. The third-order valence-electron chi connectivity index (χ3n) is 1.30. The van der Waals surface area contributed by atoms with Gasteiger partial charge in [-0.15, -0.1) is 0 Å². The SMILES string of the molecule is CC(O)/C=C\[Se]c1ccccc1. The van der Waals surface area contributed by atoms with E-state index in [0.717, 1.165) is 0 Å². The van der Waals surface area contributed by atoms with E-state index in [2.05, 4.69) is 12.1 Å². The molecule has 2 heteroatoms. The van der Waals surface area contributed by atoms with Crippen molar-refractivity contribution in [1.29, 1.82) is 0 Å². The van der Waals surface area contributed by atoms with Crippen LogP contribution >= 0.6 is 0 Å². The van der Waals surface area contributed by atoms with Gasteiger partial charge >= 0.3 is 78.9 Å². The van der Waals surface area contributed by atoms with E-state index in [4.69, 9.17) is 5.11 Å². The van der Waals surface area contributed by atoms with Crippen molar-refractivity contribution in [3.05, 3.63) is 41.4 Å². The molecule has 1 aromatic rings. The Bertz CT molecular complexity index is 241. The molecule has 64 valence electrons. The average Bonchev–Trinajstić information content (AvgIpc) is 2.05. The van der Waals surface area contributed by atoms with Gasteiger partial charge in [-0.05, 0) is 0 Å². The molecule has 0 saturated carbocycles. The molecule has 0 aromatic heterocycles. The summed E-state index contributed by atoms with van der Waals surface area (Å²) in [5.74, 6) is 0. The normalized spacial score (nSPS) is 13.5. The number of rotatable bonds is 3. The second-order valence-electron chi connectivity index (χ2n) is 2.50. The fraction of sp³-hybridized carbons (Fsp3) is 0.200. The quantitative estimate of drug-likeness (QED) is 0.761. The van der Waals surface area contributed by atoms with Crippen LogP contribution < -0.4 is 4.46 Å². The minimum atomic E-state index is -0.324. The zero-order valence-corrected chi connectivity index (χ0v) is 8.69. The molecule has 1 aromatic carbocycles. The second kappa shape index (κ2) is 5.15. The summed E-state index contributed by atoms with van der Waals surface area (Å²) in [6.45, 7) is 1.76. The molecule has 1 atom stereocenters. The van der Waals surface area contributed by atoms with Gasteiger partial charge < -0.3 is 0 Å². The first-order chi connectivity index (χ1) is 5.79. The van der Waals surface area contributed by atoms with Gasteiger partial charge in [0.2, 0.25) is 0 Å². The Balaban J connectivity index is 2.43. The summed E-state index contributed by atoms with van der Waals surface area (Å²) in [6, 6.07) is 10.3. The molecule has 0 aliphatic heterocycles. The molecule has 0 heterocycles. The van der Waals surface area contributed by atoms with Gasteiger partial charge in [-0.25, -0.2) is 0 Å². The molecule has 0 spiro atoms. The molecule has 0 fully saturated rings. The zero-order valence-electron chi connectivity index (χ0n) is 6.97. The van der Waals surface area contributed by atoms with Gasteiger partial charge in [0.1, 0.15) is 0 Å². The van der Waals surface area contributed by atoms with Crippen molar-refractivity contribution < 1.29 is 5.11 Å². The Kier molecular flexibility index (Phi) is 4.09. The van der Waals surface area contributed by atoms with Crippen molar-refractivity contribution in [2.45, 2.75) is 13.0 Å². The van der Waals surface area contributed by atoms with Crippen molar-refractivity contribution in [3.8, 4) is 0 Å². The fourth-order valence-electron chi connectivity index (χ4n) is 0.731. The maximum atomic E-state index is 8.95. The molecule has 0 radical (unpaired) electrons. The summed E-state index contributed by atoms with van der Waals surface area (Å²) < 4.78 is 1.34. The molecule has 0 aliphatic rings. The molecule has 0 saturated heterocycles. The number of benzene rings is 1. The number of hydrogen-bond acceptors (Lipinski definition) is 1. The predicted octanol–water partition coefficient (Wildman–Crippen LogP) is 0.911. The average molecular weight is 227 g/mol. The third-order valence-corrected chi connectivity index (χ3v) is 3.06. The molecule has 0 amide bonds. The number of hydrogen-bond donors (Lipinski definition) is 1. The first-order valence-electron chi connectivity index (χ1n) is 3.85. The van der Waals surface area contributed by atoms with Crippen LogP contribution in [0, 0.1) is 0 Å². The van der Waals surface area contributed by atoms with E-state index in [0.29, 0.717) is 15.0 Å². The molecule has 1 rings (SSSR count). The van der Waals surface area contributed by atoms with E-state index < -0.39 is 0 Å². The second-order valence-corrected chi connectivity index (χ2v) is 4.55. The maximum absolute atomic E-state index is 8.95. The number of aliphatic hydroxyl groups excluding tert-OH is 1. The van der Waals surface area contributed by atoms with Gasteiger partial charge in [0.15, 0.2) is 0 Å². The van der Waals surface area contributed by atoms with Crippen LogP contribution in [0.25, 0.3) is 0 Å². The van der Waals surface area contributed by atoms with E-state index in [9.17, 15) is 0 Å². The predicted molar refractivity (Wildman–Crippen MR) is 52.7 cm³/mol. The van der Waals surface area contributed by atoms with E-state index >= 15 is 0 Å². The van der Waals surface area contributed by atoms with Crippen LogP contribution in [-0.4, -0.2) is 26.2 Å². The van der Waals surface area contributed by atoms with Crippen LogP contribution in [0.2, 0.25) is 0 Å². The Morgan fingerprint density at radius 1 is 1.33 bits per heavy atom. The van der Waals surface area contributed by atoms with Crippen molar-refractivity contribution in [2.75, 3.05) is 0 Å². The van der Waals surface area contributed by atoms with Crippen LogP contribution in [0.1, 0.15) is 6.92 Å². The molecular weight excluding hydrogens is 215 g/mol. The van der Waals surface area contributed by atoms with Gasteiger partial charge in [0.05, 0.1) is 0 Å². The van der Waals surface area contributed by atoms with Gasteiger partial charge in [-0.1, -0.05) is 0 Å². The van der Waals surface area contributed by atoms with Gasteiger partial charge in [-0.3, -0.25) is 0 Å². The summed E-state index contributed by atoms with van der Waals surface area (Å²) in [4.78, 5) is 2.05. The molecule has 12 heavy (non-hydrogen) atoms.